The quantitative estimate of drug-likeness (QED) is 0.790. The van der Waals surface area contributed by atoms with E-state index in [0.29, 0.717) is 57.3 Å². The van der Waals surface area contributed by atoms with Crippen molar-refractivity contribution in [3.63, 3.8) is 0 Å². The normalized spacial score (nSPS) is 19.0. The van der Waals surface area contributed by atoms with Gasteiger partial charge in [0, 0.05) is 26.2 Å². The summed E-state index contributed by atoms with van der Waals surface area (Å²) in [5.74, 6) is 1.38. The first-order chi connectivity index (χ1) is 11.4. The zero-order valence-electron chi connectivity index (χ0n) is 13.7. The molecule has 2 heterocycles. The average Bonchev–Trinajstić information content (AvgIpc) is 2.80. The molecule has 0 spiro atoms. The number of amides is 1. The molecule has 1 aromatic rings. The molecule has 0 aliphatic carbocycles. The van der Waals surface area contributed by atoms with Gasteiger partial charge in [0.1, 0.15) is 13.2 Å². The summed E-state index contributed by atoms with van der Waals surface area (Å²) in [5.41, 5.74) is 0.869. The number of sulfonamides is 1. The van der Waals surface area contributed by atoms with E-state index in [9.17, 15) is 13.2 Å². The summed E-state index contributed by atoms with van der Waals surface area (Å²) in [6, 6.07) is 5.53. The number of carbonyl (C=O) groups excluding carboxylic acids is 1. The minimum Gasteiger partial charge on any atom is -0.486 e. The van der Waals surface area contributed by atoms with Gasteiger partial charge < -0.3 is 14.4 Å². The van der Waals surface area contributed by atoms with E-state index in [4.69, 9.17) is 9.47 Å². The fourth-order valence-electron chi connectivity index (χ4n) is 2.96. The van der Waals surface area contributed by atoms with Crippen LogP contribution in [0.3, 0.4) is 0 Å². The third-order valence-electron chi connectivity index (χ3n) is 4.24. The highest BCUT2D eigenvalue weighted by molar-refractivity contribution is 7.88. The second-order valence-corrected chi connectivity index (χ2v) is 8.03. The molecule has 1 amide bonds. The van der Waals surface area contributed by atoms with Crippen molar-refractivity contribution in [2.45, 2.75) is 12.8 Å². The van der Waals surface area contributed by atoms with Crippen LogP contribution in [0.4, 0.5) is 0 Å². The number of ether oxygens (including phenoxy) is 2. The van der Waals surface area contributed by atoms with Crippen LogP contribution in [0.5, 0.6) is 11.5 Å². The van der Waals surface area contributed by atoms with Crippen molar-refractivity contribution in [1.29, 1.82) is 0 Å². The topological polar surface area (TPSA) is 76.2 Å². The molecule has 1 fully saturated rings. The Kier molecular flexibility index (Phi) is 4.96. The van der Waals surface area contributed by atoms with Gasteiger partial charge in [0.25, 0.3) is 0 Å². The molecule has 0 aromatic heterocycles. The van der Waals surface area contributed by atoms with Crippen LogP contribution in [0.25, 0.3) is 0 Å². The molecular formula is C16H22N2O5S. The molecule has 1 saturated heterocycles. The van der Waals surface area contributed by atoms with Crippen LogP contribution < -0.4 is 9.47 Å². The van der Waals surface area contributed by atoms with E-state index < -0.39 is 10.0 Å². The van der Waals surface area contributed by atoms with Crippen LogP contribution in [0.1, 0.15) is 12.0 Å². The lowest BCUT2D eigenvalue weighted by molar-refractivity contribution is -0.130. The Morgan fingerprint density at radius 3 is 2.58 bits per heavy atom. The van der Waals surface area contributed by atoms with Crippen LogP contribution >= 0.6 is 0 Å². The zero-order chi connectivity index (χ0) is 17.2. The maximum absolute atomic E-state index is 12.5. The highest BCUT2D eigenvalue weighted by Gasteiger charge is 2.24. The van der Waals surface area contributed by atoms with Gasteiger partial charge in [-0.25, -0.2) is 12.7 Å². The molecule has 1 aromatic carbocycles. The lowest BCUT2D eigenvalue weighted by Crippen LogP contribution is -2.37. The van der Waals surface area contributed by atoms with Gasteiger partial charge in [0.2, 0.25) is 15.9 Å². The molecule has 8 heteroatoms. The molecule has 0 radical (unpaired) electrons. The summed E-state index contributed by atoms with van der Waals surface area (Å²) < 4.78 is 35.7. The zero-order valence-corrected chi connectivity index (χ0v) is 14.5. The van der Waals surface area contributed by atoms with E-state index in [1.54, 1.807) is 4.90 Å². The lowest BCUT2D eigenvalue weighted by atomic mass is 10.1. The second kappa shape index (κ2) is 6.98. The van der Waals surface area contributed by atoms with Crippen LogP contribution in [-0.4, -0.2) is 69.2 Å². The van der Waals surface area contributed by atoms with Gasteiger partial charge in [-0.15, -0.1) is 0 Å². The number of fused-ring (bicyclic) bond motifs is 1. The number of carbonyl (C=O) groups is 1. The predicted molar refractivity (Wildman–Crippen MR) is 88.7 cm³/mol. The molecule has 7 nitrogen and oxygen atoms in total. The molecular weight excluding hydrogens is 332 g/mol. The Morgan fingerprint density at radius 1 is 1.08 bits per heavy atom. The van der Waals surface area contributed by atoms with Crippen LogP contribution in [-0.2, 0) is 21.2 Å². The maximum atomic E-state index is 12.5. The van der Waals surface area contributed by atoms with Gasteiger partial charge in [0.05, 0.1) is 12.7 Å². The number of rotatable bonds is 3. The fraction of sp³-hybridized carbons (Fsp3) is 0.562. The molecule has 0 unspecified atom stereocenters. The van der Waals surface area contributed by atoms with Gasteiger partial charge in [-0.3, -0.25) is 4.79 Å². The van der Waals surface area contributed by atoms with E-state index >= 15 is 0 Å². The molecule has 3 rings (SSSR count). The largest absolute Gasteiger partial charge is 0.486 e. The summed E-state index contributed by atoms with van der Waals surface area (Å²) in [6.07, 6.45) is 2.13. The Hall–Kier alpha value is -1.80. The number of nitrogens with zero attached hydrogens (tertiary/aromatic N) is 2. The molecule has 0 N–H and O–H groups in total. The summed E-state index contributed by atoms with van der Waals surface area (Å²) in [5, 5.41) is 0. The number of hydrogen-bond acceptors (Lipinski definition) is 5. The Labute approximate surface area is 142 Å². The third-order valence-corrected chi connectivity index (χ3v) is 5.54. The summed E-state index contributed by atoms with van der Waals surface area (Å²) >= 11 is 0. The van der Waals surface area contributed by atoms with Crippen LogP contribution in [0.15, 0.2) is 18.2 Å². The van der Waals surface area contributed by atoms with Gasteiger partial charge in [0.15, 0.2) is 11.5 Å². The van der Waals surface area contributed by atoms with E-state index in [2.05, 4.69) is 0 Å². The van der Waals surface area contributed by atoms with E-state index in [1.165, 1.54) is 10.6 Å². The van der Waals surface area contributed by atoms with E-state index in [1.807, 2.05) is 18.2 Å². The molecule has 0 saturated carbocycles. The molecule has 0 bridgehead atoms. The average molecular weight is 354 g/mol. The highest BCUT2D eigenvalue weighted by atomic mass is 32.2. The minimum absolute atomic E-state index is 0.00188. The van der Waals surface area contributed by atoms with Crippen molar-refractivity contribution in [3.05, 3.63) is 23.8 Å². The number of hydrogen-bond donors (Lipinski definition) is 0. The van der Waals surface area contributed by atoms with Crippen molar-refractivity contribution < 1.29 is 22.7 Å². The molecule has 2 aliphatic heterocycles. The molecule has 2 aliphatic rings. The van der Waals surface area contributed by atoms with Crippen molar-refractivity contribution in [2.24, 2.45) is 0 Å². The smallest absolute Gasteiger partial charge is 0.227 e. The lowest BCUT2D eigenvalue weighted by Gasteiger charge is -2.22. The van der Waals surface area contributed by atoms with Crippen LogP contribution in [0, 0.1) is 0 Å². The minimum atomic E-state index is -3.20. The summed E-state index contributed by atoms with van der Waals surface area (Å²) in [7, 11) is -3.20. The second-order valence-electron chi connectivity index (χ2n) is 6.05. The van der Waals surface area contributed by atoms with Gasteiger partial charge in [-0.1, -0.05) is 6.07 Å². The van der Waals surface area contributed by atoms with E-state index in [-0.39, 0.29) is 12.3 Å². The molecule has 0 atom stereocenters. The van der Waals surface area contributed by atoms with Crippen molar-refractivity contribution in [3.8, 4) is 11.5 Å². The summed E-state index contributed by atoms with van der Waals surface area (Å²) in [6.45, 7) is 2.87. The highest BCUT2D eigenvalue weighted by Crippen LogP contribution is 2.31. The Balaban J connectivity index is 1.63. The van der Waals surface area contributed by atoms with E-state index in [0.717, 1.165) is 5.56 Å². The van der Waals surface area contributed by atoms with Crippen molar-refractivity contribution in [1.82, 2.24) is 9.21 Å². The standard InChI is InChI=1S/C16H22N2O5S/c1-24(20,21)18-6-2-5-17(7-8-18)16(19)12-13-3-4-14-15(11-13)23-10-9-22-14/h3-4,11H,2,5-10,12H2,1H3. The third kappa shape index (κ3) is 3.99. The van der Waals surface area contributed by atoms with Crippen molar-refractivity contribution in [2.75, 3.05) is 45.6 Å². The monoisotopic (exact) mass is 354 g/mol. The SMILES string of the molecule is CS(=O)(=O)N1CCCN(C(=O)Cc2ccc3c(c2)OCCO3)CC1. The number of benzene rings is 1. The first-order valence-electron chi connectivity index (χ1n) is 8.05. The Bertz CT molecular complexity index is 719. The van der Waals surface area contributed by atoms with Crippen molar-refractivity contribution >= 4 is 15.9 Å². The summed E-state index contributed by atoms with van der Waals surface area (Å²) in [4.78, 5) is 14.3. The van der Waals surface area contributed by atoms with Gasteiger partial charge >= 0.3 is 0 Å². The van der Waals surface area contributed by atoms with Gasteiger partial charge in [-0.05, 0) is 24.1 Å². The predicted octanol–water partition coefficient (Wildman–Crippen LogP) is 0.494. The molecule has 24 heavy (non-hydrogen) atoms. The Morgan fingerprint density at radius 2 is 1.83 bits per heavy atom. The molecule has 132 valence electrons. The van der Waals surface area contributed by atoms with Gasteiger partial charge in [-0.2, -0.15) is 0 Å². The van der Waals surface area contributed by atoms with Crippen LogP contribution in [0.2, 0.25) is 0 Å². The first kappa shape index (κ1) is 17.0. The first-order valence-corrected chi connectivity index (χ1v) is 9.90. The maximum Gasteiger partial charge on any atom is 0.227 e. The fourth-order valence-corrected chi connectivity index (χ4v) is 3.83.